The SMILES string of the molecule is CCCCNC(=O)C(Cc1ccccc1)N(Cc1cccc(OC)c1)C(=O)CSCc1ccc(C)cc1. The molecule has 3 rings (SSSR count). The minimum absolute atomic E-state index is 0.0495. The molecule has 0 aliphatic rings. The van der Waals surface area contributed by atoms with E-state index in [0.29, 0.717) is 25.3 Å². The summed E-state index contributed by atoms with van der Waals surface area (Å²) >= 11 is 1.58. The maximum Gasteiger partial charge on any atom is 0.243 e. The van der Waals surface area contributed by atoms with Gasteiger partial charge in [-0.15, -0.1) is 11.8 Å². The van der Waals surface area contributed by atoms with Crippen LogP contribution in [-0.4, -0.2) is 42.2 Å². The van der Waals surface area contributed by atoms with E-state index >= 15 is 0 Å². The van der Waals surface area contributed by atoms with Gasteiger partial charge in [0.1, 0.15) is 11.8 Å². The first kappa shape index (κ1) is 28.3. The number of aryl methyl sites for hydroxylation is 1. The molecule has 1 atom stereocenters. The Morgan fingerprint density at radius 3 is 2.38 bits per heavy atom. The second kappa shape index (κ2) is 15.1. The van der Waals surface area contributed by atoms with Crippen molar-refractivity contribution in [3.8, 4) is 5.75 Å². The summed E-state index contributed by atoms with van der Waals surface area (Å²) in [5.41, 5.74) is 4.34. The van der Waals surface area contributed by atoms with E-state index in [9.17, 15) is 9.59 Å². The summed E-state index contributed by atoms with van der Waals surface area (Å²) in [5, 5.41) is 3.07. The van der Waals surface area contributed by atoms with Crippen molar-refractivity contribution in [1.82, 2.24) is 10.2 Å². The summed E-state index contributed by atoms with van der Waals surface area (Å²) in [6.07, 6.45) is 2.35. The highest BCUT2D eigenvalue weighted by Crippen LogP contribution is 2.21. The first-order valence-corrected chi connectivity index (χ1v) is 14.0. The zero-order valence-corrected chi connectivity index (χ0v) is 22.9. The summed E-state index contributed by atoms with van der Waals surface area (Å²) in [7, 11) is 1.63. The van der Waals surface area contributed by atoms with Crippen molar-refractivity contribution in [3.63, 3.8) is 0 Å². The largest absolute Gasteiger partial charge is 0.497 e. The Labute approximate surface area is 225 Å². The Morgan fingerprint density at radius 2 is 1.68 bits per heavy atom. The van der Waals surface area contributed by atoms with Gasteiger partial charge in [0, 0.05) is 25.3 Å². The fraction of sp³-hybridized carbons (Fsp3) is 0.355. The van der Waals surface area contributed by atoms with Crippen LogP contribution in [0.25, 0.3) is 0 Å². The van der Waals surface area contributed by atoms with Crippen LogP contribution < -0.4 is 10.1 Å². The van der Waals surface area contributed by atoms with Crippen molar-refractivity contribution >= 4 is 23.6 Å². The highest BCUT2D eigenvalue weighted by atomic mass is 32.2. The number of benzene rings is 3. The quantitative estimate of drug-likeness (QED) is 0.274. The van der Waals surface area contributed by atoms with Gasteiger partial charge in [-0.2, -0.15) is 0 Å². The zero-order valence-electron chi connectivity index (χ0n) is 22.1. The molecule has 0 saturated carbocycles. The lowest BCUT2D eigenvalue weighted by Crippen LogP contribution is -2.51. The minimum atomic E-state index is -0.613. The smallest absolute Gasteiger partial charge is 0.243 e. The number of rotatable bonds is 14. The first-order chi connectivity index (χ1) is 18.0. The number of amides is 2. The number of carbonyl (C=O) groups excluding carboxylic acids is 2. The third-order valence-corrected chi connectivity index (χ3v) is 7.19. The standard InChI is InChI=1S/C31H38N2O3S/c1-4-5-18-32-31(35)29(20-25-10-7-6-8-11-25)33(21-27-12-9-13-28(19-27)36-3)30(34)23-37-22-26-16-14-24(2)15-17-26/h6-17,19,29H,4-5,18,20-23H2,1-3H3,(H,32,35). The molecular formula is C31H38N2O3S. The monoisotopic (exact) mass is 518 g/mol. The fourth-order valence-electron chi connectivity index (χ4n) is 4.05. The molecule has 1 N–H and O–H groups in total. The average Bonchev–Trinajstić information content (AvgIpc) is 2.92. The molecule has 0 saturated heterocycles. The molecule has 0 radical (unpaired) electrons. The molecule has 0 aromatic heterocycles. The van der Waals surface area contributed by atoms with E-state index in [1.165, 1.54) is 11.1 Å². The van der Waals surface area contributed by atoms with Crippen LogP contribution in [0.4, 0.5) is 0 Å². The molecule has 3 aromatic rings. The first-order valence-electron chi connectivity index (χ1n) is 12.9. The molecule has 5 nitrogen and oxygen atoms in total. The second-order valence-corrected chi connectivity index (χ2v) is 10.2. The molecular weight excluding hydrogens is 480 g/mol. The van der Waals surface area contributed by atoms with Crippen molar-refractivity contribution < 1.29 is 14.3 Å². The van der Waals surface area contributed by atoms with Crippen LogP contribution in [-0.2, 0) is 28.3 Å². The molecule has 196 valence electrons. The average molecular weight is 519 g/mol. The third kappa shape index (κ3) is 9.29. The lowest BCUT2D eigenvalue weighted by Gasteiger charge is -2.31. The van der Waals surface area contributed by atoms with E-state index in [0.717, 1.165) is 35.5 Å². The number of nitrogens with one attached hydrogen (secondary N) is 1. The summed E-state index contributed by atoms with van der Waals surface area (Å²) in [4.78, 5) is 28.9. The molecule has 37 heavy (non-hydrogen) atoms. The molecule has 0 aliphatic heterocycles. The number of hydrogen-bond donors (Lipinski definition) is 1. The maximum atomic E-state index is 13.7. The van der Waals surface area contributed by atoms with E-state index in [2.05, 4.69) is 43.4 Å². The van der Waals surface area contributed by atoms with Crippen molar-refractivity contribution in [3.05, 3.63) is 101 Å². The summed E-state index contributed by atoms with van der Waals surface area (Å²) in [5.74, 6) is 1.60. The molecule has 0 aliphatic carbocycles. The van der Waals surface area contributed by atoms with E-state index in [1.807, 2.05) is 54.6 Å². The van der Waals surface area contributed by atoms with Crippen molar-refractivity contribution in [1.29, 1.82) is 0 Å². The van der Waals surface area contributed by atoms with E-state index in [4.69, 9.17) is 4.74 Å². The lowest BCUT2D eigenvalue weighted by atomic mass is 10.0. The van der Waals surface area contributed by atoms with Gasteiger partial charge < -0.3 is 15.0 Å². The van der Waals surface area contributed by atoms with Gasteiger partial charge >= 0.3 is 0 Å². The summed E-state index contributed by atoms with van der Waals surface area (Å²) in [6.45, 7) is 5.09. The summed E-state index contributed by atoms with van der Waals surface area (Å²) < 4.78 is 5.40. The van der Waals surface area contributed by atoms with Crippen LogP contribution in [0, 0.1) is 6.92 Å². The molecule has 0 spiro atoms. The van der Waals surface area contributed by atoms with Crippen LogP contribution in [0.2, 0.25) is 0 Å². The van der Waals surface area contributed by atoms with Gasteiger partial charge in [-0.25, -0.2) is 0 Å². The van der Waals surface area contributed by atoms with Crippen molar-refractivity contribution in [2.24, 2.45) is 0 Å². The summed E-state index contributed by atoms with van der Waals surface area (Å²) in [6, 6.07) is 25.3. The van der Waals surface area contributed by atoms with Crippen LogP contribution >= 0.6 is 11.8 Å². The number of ether oxygens (including phenoxy) is 1. The van der Waals surface area contributed by atoms with Crippen LogP contribution in [0.3, 0.4) is 0 Å². The molecule has 0 heterocycles. The number of methoxy groups -OCH3 is 1. The topological polar surface area (TPSA) is 58.6 Å². The van der Waals surface area contributed by atoms with E-state index in [1.54, 1.807) is 23.8 Å². The Morgan fingerprint density at radius 1 is 0.946 bits per heavy atom. The van der Waals surface area contributed by atoms with E-state index < -0.39 is 6.04 Å². The Hall–Kier alpha value is -3.25. The number of hydrogen-bond acceptors (Lipinski definition) is 4. The molecule has 0 bridgehead atoms. The predicted molar refractivity (Wildman–Crippen MR) is 153 cm³/mol. The third-order valence-electron chi connectivity index (χ3n) is 6.20. The van der Waals surface area contributed by atoms with Gasteiger partial charge in [-0.05, 0) is 42.2 Å². The molecule has 0 fully saturated rings. The predicted octanol–water partition coefficient (Wildman–Crippen LogP) is 5.79. The number of thioether (sulfide) groups is 1. The van der Waals surface area contributed by atoms with Crippen LogP contribution in [0.1, 0.15) is 42.0 Å². The van der Waals surface area contributed by atoms with Gasteiger partial charge in [-0.1, -0.05) is 85.6 Å². The Bertz CT molecular complexity index is 1120. The number of carbonyl (C=O) groups is 2. The molecule has 1 unspecified atom stereocenters. The maximum absolute atomic E-state index is 13.7. The minimum Gasteiger partial charge on any atom is -0.497 e. The Kier molecular flexibility index (Phi) is 11.6. The van der Waals surface area contributed by atoms with Gasteiger partial charge in [0.15, 0.2) is 0 Å². The normalized spacial score (nSPS) is 11.5. The van der Waals surface area contributed by atoms with Gasteiger partial charge in [0.25, 0.3) is 0 Å². The van der Waals surface area contributed by atoms with Crippen LogP contribution in [0.15, 0.2) is 78.9 Å². The molecule has 3 aromatic carbocycles. The van der Waals surface area contributed by atoms with Crippen molar-refractivity contribution in [2.45, 2.75) is 51.4 Å². The van der Waals surface area contributed by atoms with Crippen LogP contribution in [0.5, 0.6) is 5.75 Å². The van der Waals surface area contributed by atoms with Crippen molar-refractivity contribution in [2.75, 3.05) is 19.4 Å². The van der Waals surface area contributed by atoms with Gasteiger partial charge in [0.05, 0.1) is 12.9 Å². The molecule has 2 amide bonds. The number of unbranched alkanes of at least 4 members (excludes halogenated alkanes) is 1. The highest BCUT2D eigenvalue weighted by molar-refractivity contribution is 7.99. The highest BCUT2D eigenvalue weighted by Gasteiger charge is 2.30. The Balaban J connectivity index is 1.84. The second-order valence-electron chi connectivity index (χ2n) is 9.20. The fourth-order valence-corrected chi connectivity index (χ4v) is 4.92. The number of nitrogens with zero attached hydrogens (tertiary/aromatic N) is 1. The molecule has 6 heteroatoms. The van der Waals surface area contributed by atoms with E-state index in [-0.39, 0.29) is 11.8 Å². The van der Waals surface area contributed by atoms with Gasteiger partial charge in [0.2, 0.25) is 11.8 Å². The lowest BCUT2D eigenvalue weighted by molar-refractivity contribution is -0.139. The van der Waals surface area contributed by atoms with Gasteiger partial charge in [-0.3, -0.25) is 9.59 Å². The zero-order chi connectivity index (χ0) is 26.5.